The monoisotopic (exact) mass is 367 g/mol. The topological polar surface area (TPSA) is 120 Å². The van der Waals surface area contributed by atoms with Crippen molar-refractivity contribution in [3.05, 3.63) is 40.0 Å². The van der Waals surface area contributed by atoms with E-state index in [1.54, 1.807) is 0 Å². The maximum Gasteiger partial charge on any atom is 0.293 e. The second kappa shape index (κ2) is 6.41. The molecule has 0 saturated heterocycles. The standard InChI is InChI=1S/C14H17N5O5S/c1-17(9-14-16-15-13-4-3-7-18(13)14)25(22,23)12-6-5-10(24-2)8-11(12)19(20)21/h5-6,8H,3-4,7,9H2,1-2H3. The average molecular weight is 367 g/mol. The number of rotatable bonds is 6. The molecule has 0 spiro atoms. The summed E-state index contributed by atoms with van der Waals surface area (Å²) in [5.74, 6) is 1.56. The lowest BCUT2D eigenvalue weighted by molar-refractivity contribution is -0.387. The minimum absolute atomic E-state index is 0.0154. The SMILES string of the molecule is COc1ccc(S(=O)(=O)N(C)Cc2nnc3n2CCC3)c([N+](=O)[O-])c1. The van der Waals surface area contributed by atoms with Crippen LogP contribution in [0.3, 0.4) is 0 Å². The van der Waals surface area contributed by atoms with Crippen LogP contribution in [0.5, 0.6) is 5.75 Å². The first-order valence-electron chi connectivity index (χ1n) is 7.54. The Morgan fingerprint density at radius 1 is 1.40 bits per heavy atom. The Balaban J connectivity index is 1.94. The number of nitrogens with zero attached hydrogens (tertiary/aromatic N) is 5. The number of sulfonamides is 1. The van der Waals surface area contributed by atoms with Gasteiger partial charge in [-0.25, -0.2) is 8.42 Å². The van der Waals surface area contributed by atoms with E-state index in [9.17, 15) is 18.5 Å². The highest BCUT2D eigenvalue weighted by Crippen LogP contribution is 2.30. The molecular formula is C14H17N5O5S. The van der Waals surface area contributed by atoms with Crippen molar-refractivity contribution in [1.82, 2.24) is 19.1 Å². The van der Waals surface area contributed by atoms with Gasteiger partial charge in [-0.2, -0.15) is 4.31 Å². The number of ether oxygens (including phenoxy) is 1. The van der Waals surface area contributed by atoms with Crippen LogP contribution in [0.25, 0.3) is 0 Å². The second-order valence-corrected chi connectivity index (χ2v) is 7.65. The van der Waals surface area contributed by atoms with Gasteiger partial charge in [-0.1, -0.05) is 0 Å². The van der Waals surface area contributed by atoms with Gasteiger partial charge in [0, 0.05) is 20.0 Å². The fraction of sp³-hybridized carbons (Fsp3) is 0.429. The van der Waals surface area contributed by atoms with Gasteiger partial charge in [-0.15, -0.1) is 10.2 Å². The van der Waals surface area contributed by atoms with Crippen LogP contribution in [0.15, 0.2) is 23.1 Å². The maximum absolute atomic E-state index is 12.8. The van der Waals surface area contributed by atoms with E-state index >= 15 is 0 Å². The Bertz CT molecular complexity index is 924. The number of nitro benzene ring substituents is 1. The summed E-state index contributed by atoms with van der Waals surface area (Å²) in [5, 5.41) is 19.3. The van der Waals surface area contributed by atoms with Gasteiger partial charge < -0.3 is 9.30 Å². The molecule has 0 atom stereocenters. The van der Waals surface area contributed by atoms with Gasteiger partial charge in [0.15, 0.2) is 4.90 Å². The first-order valence-corrected chi connectivity index (χ1v) is 8.98. The molecule has 2 heterocycles. The van der Waals surface area contributed by atoms with Gasteiger partial charge in [0.25, 0.3) is 5.69 Å². The van der Waals surface area contributed by atoms with E-state index in [1.165, 1.54) is 26.3 Å². The molecule has 0 saturated carbocycles. The van der Waals surface area contributed by atoms with Crippen molar-refractivity contribution in [2.75, 3.05) is 14.2 Å². The molecule has 10 nitrogen and oxygen atoms in total. The number of benzene rings is 1. The maximum atomic E-state index is 12.8. The van der Waals surface area contributed by atoms with Gasteiger partial charge in [0.05, 0.1) is 24.6 Å². The molecule has 0 bridgehead atoms. The predicted molar refractivity (Wildman–Crippen MR) is 86.6 cm³/mol. The Hall–Kier alpha value is -2.53. The van der Waals surface area contributed by atoms with Crippen LogP contribution in [0.4, 0.5) is 5.69 Å². The summed E-state index contributed by atoms with van der Waals surface area (Å²) in [4.78, 5) is 10.1. The van der Waals surface area contributed by atoms with Crippen LogP contribution in [0.2, 0.25) is 0 Å². The Morgan fingerprint density at radius 3 is 2.84 bits per heavy atom. The van der Waals surface area contributed by atoms with Gasteiger partial charge in [-0.05, 0) is 18.6 Å². The summed E-state index contributed by atoms with van der Waals surface area (Å²) in [5.41, 5.74) is -0.530. The van der Waals surface area contributed by atoms with Crippen LogP contribution in [-0.2, 0) is 29.5 Å². The van der Waals surface area contributed by atoms with Crippen LogP contribution < -0.4 is 4.74 Å². The quantitative estimate of drug-likeness (QED) is 0.551. The highest BCUT2D eigenvalue weighted by atomic mass is 32.2. The summed E-state index contributed by atoms with van der Waals surface area (Å²) < 4.78 is 33.5. The van der Waals surface area contributed by atoms with Crippen LogP contribution in [0.1, 0.15) is 18.1 Å². The average Bonchev–Trinajstić information content (AvgIpc) is 3.19. The molecule has 0 unspecified atom stereocenters. The van der Waals surface area contributed by atoms with Gasteiger partial charge in [-0.3, -0.25) is 10.1 Å². The fourth-order valence-electron chi connectivity index (χ4n) is 2.76. The number of hydrogen-bond acceptors (Lipinski definition) is 7. The number of aromatic nitrogens is 3. The van der Waals surface area contributed by atoms with E-state index in [-0.39, 0.29) is 17.2 Å². The van der Waals surface area contributed by atoms with Gasteiger partial charge in [0.1, 0.15) is 17.4 Å². The number of hydrogen-bond donors (Lipinski definition) is 0. The number of nitro groups is 1. The van der Waals surface area contributed by atoms with E-state index in [0.29, 0.717) is 5.82 Å². The third-order valence-electron chi connectivity index (χ3n) is 4.10. The molecule has 1 aliphatic heterocycles. The molecule has 1 aliphatic rings. The zero-order valence-electron chi connectivity index (χ0n) is 13.7. The molecule has 3 rings (SSSR count). The molecule has 25 heavy (non-hydrogen) atoms. The molecule has 0 radical (unpaired) electrons. The highest BCUT2D eigenvalue weighted by Gasteiger charge is 2.31. The second-order valence-electron chi connectivity index (χ2n) is 5.64. The lowest BCUT2D eigenvalue weighted by Crippen LogP contribution is -2.28. The zero-order chi connectivity index (χ0) is 18.2. The third-order valence-corrected chi connectivity index (χ3v) is 5.95. The van der Waals surface area contributed by atoms with E-state index in [4.69, 9.17) is 4.74 Å². The normalized spacial score (nSPS) is 13.9. The van der Waals surface area contributed by atoms with E-state index in [1.807, 2.05) is 4.57 Å². The molecule has 1 aromatic carbocycles. The molecule has 0 N–H and O–H groups in total. The number of methoxy groups -OCH3 is 1. The highest BCUT2D eigenvalue weighted by molar-refractivity contribution is 7.89. The van der Waals surface area contributed by atoms with Crippen LogP contribution in [0, 0.1) is 10.1 Å². The molecule has 2 aromatic rings. The van der Waals surface area contributed by atoms with E-state index in [0.717, 1.165) is 35.6 Å². The van der Waals surface area contributed by atoms with Gasteiger partial charge in [0.2, 0.25) is 10.0 Å². The molecule has 1 aromatic heterocycles. The summed E-state index contributed by atoms with van der Waals surface area (Å²) in [7, 11) is -1.36. The molecule has 11 heteroatoms. The molecule has 0 aliphatic carbocycles. The molecular weight excluding hydrogens is 350 g/mol. The Kier molecular flexibility index (Phi) is 4.43. The molecule has 134 valence electrons. The number of aryl methyl sites for hydroxylation is 1. The Labute approximate surface area is 144 Å². The summed E-state index contributed by atoms with van der Waals surface area (Å²) in [6.07, 6.45) is 1.76. The largest absolute Gasteiger partial charge is 0.497 e. The van der Waals surface area contributed by atoms with Crippen molar-refractivity contribution >= 4 is 15.7 Å². The minimum atomic E-state index is -4.08. The van der Waals surface area contributed by atoms with Crippen molar-refractivity contribution < 1.29 is 18.1 Å². The summed E-state index contributed by atoms with van der Waals surface area (Å²) in [6, 6.07) is 3.65. The lowest BCUT2D eigenvalue weighted by Gasteiger charge is -2.17. The number of fused-ring (bicyclic) bond motifs is 1. The summed E-state index contributed by atoms with van der Waals surface area (Å²) >= 11 is 0. The van der Waals surface area contributed by atoms with Crippen molar-refractivity contribution in [2.45, 2.75) is 30.8 Å². The first kappa shape index (κ1) is 17.3. The first-order chi connectivity index (χ1) is 11.8. The van der Waals surface area contributed by atoms with Crippen molar-refractivity contribution in [3.63, 3.8) is 0 Å². The Morgan fingerprint density at radius 2 is 2.16 bits per heavy atom. The predicted octanol–water partition coefficient (Wildman–Crippen LogP) is 0.962. The van der Waals surface area contributed by atoms with E-state index < -0.39 is 20.6 Å². The third kappa shape index (κ3) is 3.07. The minimum Gasteiger partial charge on any atom is -0.497 e. The lowest BCUT2D eigenvalue weighted by atomic mass is 10.3. The van der Waals surface area contributed by atoms with Crippen molar-refractivity contribution in [2.24, 2.45) is 0 Å². The fourth-order valence-corrected chi connectivity index (χ4v) is 4.02. The summed E-state index contributed by atoms with van der Waals surface area (Å²) in [6.45, 7) is 0.729. The van der Waals surface area contributed by atoms with Crippen molar-refractivity contribution in [1.29, 1.82) is 0 Å². The van der Waals surface area contributed by atoms with Crippen molar-refractivity contribution in [3.8, 4) is 5.75 Å². The molecule has 0 fully saturated rings. The zero-order valence-corrected chi connectivity index (χ0v) is 14.6. The van der Waals surface area contributed by atoms with E-state index in [2.05, 4.69) is 10.2 Å². The molecule has 0 amide bonds. The van der Waals surface area contributed by atoms with Gasteiger partial charge >= 0.3 is 0 Å². The van der Waals surface area contributed by atoms with Crippen LogP contribution in [-0.4, -0.2) is 46.6 Å². The van der Waals surface area contributed by atoms with Crippen LogP contribution >= 0.6 is 0 Å². The smallest absolute Gasteiger partial charge is 0.293 e.